The normalized spacial score (nSPS) is 33.7. The summed E-state index contributed by atoms with van der Waals surface area (Å²) in [7, 11) is 0. The summed E-state index contributed by atoms with van der Waals surface area (Å²) in [5.74, 6) is 3.01. The summed E-state index contributed by atoms with van der Waals surface area (Å²) in [6.07, 6.45) is 4.22. The Morgan fingerprint density at radius 1 is 1.30 bits per heavy atom. The van der Waals surface area contributed by atoms with Crippen LogP contribution in [0.15, 0.2) is 24.3 Å². The molecule has 1 aromatic rings. The Hall–Kier alpha value is -0.510. The second kappa shape index (κ2) is 6.08. The van der Waals surface area contributed by atoms with Crippen molar-refractivity contribution in [3.63, 3.8) is 0 Å². The number of benzene rings is 1. The van der Waals surface area contributed by atoms with Gasteiger partial charge in [-0.15, -0.1) is 0 Å². The highest BCUT2D eigenvalue weighted by Gasteiger charge is 2.32. The van der Waals surface area contributed by atoms with Gasteiger partial charge in [0.1, 0.15) is 0 Å². The van der Waals surface area contributed by atoms with Gasteiger partial charge in [0.15, 0.2) is 0 Å². The van der Waals surface area contributed by atoms with Crippen LogP contribution in [0.5, 0.6) is 0 Å². The fraction of sp³-hybridized carbons (Fsp3) is 0.647. The van der Waals surface area contributed by atoms with E-state index in [-0.39, 0.29) is 0 Å². The highest BCUT2D eigenvalue weighted by Crippen LogP contribution is 2.34. The van der Waals surface area contributed by atoms with E-state index in [0.29, 0.717) is 6.04 Å². The molecule has 1 saturated carbocycles. The Balaban J connectivity index is 1.62. The van der Waals surface area contributed by atoms with E-state index in [1.165, 1.54) is 11.1 Å². The van der Waals surface area contributed by atoms with Crippen LogP contribution in [-0.2, 0) is 5.75 Å². The molecule has 1 aliphatic carbocycles. The van der Waals surface area contributed by atoms with Crippen LogP contribution in [0.4, 0.5) is 0 Å². The van der Waals surface area contributed by atoms with E-state index in [1.807, 2.05) is 11.8 Å². The molecule has 2 N–H and O–H groups in total. The minimum absolute atomic E-state index is 0.397. The van der Waals surface area contributed by atoms with E-state index in [2.05, 4.69) is 36.5 Å². The average molecular weight is 291 g/mol. The fourth-order valence-corrected chi connectivity index (χ4v) is 4.47. The molecule has 0 spiro atoms. The number of rotatable bonds is 3. The number of hydrogen-bond acceptors (Lipinski definition) is 3. The molecular weight excluding hydrogens is 266 g/mol. The Morgan fingerprint density at radius 3 is 2.85 bits per heavy atom. The monoisotopic (exact) mass is 291 g/mol. The van der Waals surface area contributed by atoms with Crippen LogP contribution in [-0.4, -0.2) is 23.0 Å². The zero-order valence-electron chi connectivity index (χ0n) is 12.3. The van der Waals surface area contributed by atoms with Gasteiger partial charge in [-0.05, 0) is 42.7 Å². The molecule has 1 heterocycles. The summed E-state index contributed by atoms with van der Waals surface area (Å²) < 4.78 is 0. The summed E-state index contributed by atoms with van der Waals surface area (Å²) in [5, 5.41) is 14.3. The van der Waals surface area contributed by atoms with Gasteiger partial charge in [0.2, 0.25) is 0 Å². The van der Waals surface area contributed by atoms with Crippen LogP contribution in [0.1, 0.15) is 49.8 Å². The Kier molecular flexibility index (Phi) is 4.39. The Labute approximate surface area is 126 Å². The predicted octanol–water partition coefficient (Wildman–Crippen LogP) is 3.51. The quantitative estimate of drug-likeness (QED) is 0.894. The van der Waals surface area contributed by atoms with Crippen molar-refractivity contribution >= 4 is 11.8 Å². The molecule has 0 bridgehead atoms. The van der Waals surface area contributed by atoms with Crippen LogP contribution in [0, 0.1) is 5.92 Å². The maximum absolute atomic E-state index is 10.7. The highest BCUT2D eigenvalue weighted by atomic mass is 32.2. The van der Waals surface area contributed by atoms with Crippen molar-refractivity contribution in [2.45, 2.75) is 50.0 Å². The van der Waals surface area contributed by atoms with Gasteiger partial charge in [-0.2, -0.15) is 11.8 Å². The first-order valence-electron chi connectivity index (χ1n) is 7.78. The summed E-state index contributed by atoms with van der Waals surface area (Å²) in [6, 6.07) is 9.11. The van der Waals surface area contributed by atoms with Gasteiger partial charge >= 0.3 is 0 Å². The minimum Gasteiger partial charge on any atom is -0.389 e. The van der Waals surface area contributed by atoms with E-state index in [9.17, 15) is 5.11 Å². The van der Waals surface area contributed by atoms with Crippen molar-refractivity contribution in [1.29, 1.82) is 0 Å². The number of aliphatic hydroxyl groups is 1. The third kappa shape index (κ3) is 3.21. The van der Waals surface area contributed by atoms with E-state index in [4.69, 9.17) is 0 Å². The molecule has 1 atom stereocenters. The van der Waals surface area contributed by atoms with Crippen molar-refractivity contribution < 1.29 is 5.11 Å². The van der Waals surface area contributed by atoms with Crippen molar-refractivity contribution in [3.8, 4) is 0 Å². The summed E-state index contributed by atoms with van der Waals surface area (Å²) in [4.78, 5) is 0. The largest absolute Gasteiger partial charge is 0.389 e. The van der Waals surface area contributed by atoms with E-state index in [0.717, 1.165) is 49.7 Å². The second-order valence-electron chi connectivity index (χ2n) is 6.55. The summed E-state index contributed by atoms with van der Waals surface area (Å²) in [6.45, 7) is 3.03. The molecule has 3 rings (SSSR count). The van der Waals surface area contributed by atoms with E-state index < -0.39 is 5.60 Å². The van der Waals surface area contributed by atoms with Crippen LogP contribution in [0.25, 0.3) is 0 Å². The molecule has 2 aliphatic rings. The average Bonchev–Trinajstić information content (AvgIpc) is 2.49. The third-order valence-electron chi connectivity index (χ3n) is 4.86. The van der Waals surface area contributed by atoms with Gasteiger partial charge in [0, 0.05) is 24.1 Å². The topological polar surface area (TPSA) is 32.3 Å². The molecule has 3 heteroatoms. The van der Waals surface area contributed by atoms with E-state index >= 15 is 0 Å². The van der Waals surface area contributed by atoms with Crippen molar-refractivity contribution in [1.82, 2.24) is 5.32 Å². The number of thioether (sulfide) groups is 1. The number of hydrogen-bond donors (Lipinski definition) is 2. The molecule has 0 aromatic heterocycles. The minimum atomic E-state index is -0.483. The Morgan fingerprint density at radius 2 is 2.05 bits per heavy atom. The van der Waals surface area contributed by atoms with Crippen LogP contribution in [0.3, 0.4) is 0 Å². The predicted molar refractivity (Wildman–Crippen MR) is 85.9 cm³/mol. The van der Waals surface area contributed by atoms with Crippen molar-refractivity contribution in [2.24, 2.45) is 5.92 Å². The zero-order chi connectivity index (χ0) is 14.0. The SMILES string of the molecule is CC1CCC(O)(CNC2CSCc3ccccc32)CC1. The van der Waals surface area contributed by atoms with Gasteiger partial charge < -0.3 is 10.4 Å². The molecule has 1 aliphatic heterocycles. The lowest BCUT2D eigenvalue weighted by molar-refractivity contribution is -0.00777. The van der Waals surface area contributed by atoms with Crippen molar-refractivity contribution in [3.05, 3.63) is 35.4 Å². The Bertz CT molecular complexity index is 454. The molecule has 1 unspecified atom stereocenters. The standard InChI is InChI=1S/C17H25NOS/c1-13-6-8-17(19,9-7-13)12-18-16-11-20-10-14-4-2-3-5-15(14)16/h2-5,13,16,18-19H,6-12H2,1H3. The lowest BCUT2D eigenvalue weighted by Gasteiger charge is -2.37. The first kappa shape index (κ1) is 14.4. The second-order valence-corrected chi connectivity index (χ2v) is 7.58. The summed E-state index contributed by atoms with van der Waals surface area (Å²) in [5.41, 5.74) is 2.40. The highest BCUT2D eigenvalue weighted by molar-refractivity contribution is 7.98. The molecule has 0 saturated heterocycles. The van der Waals surface area contributed by atoms with E-state index in [1.54, 1.807) is 0 Å². The summed E-state index contributed by atoms with van der Waals surface area (Å²) >= 11 is 1.99. The maximum Gasteiger partial charge on any atom is 0.0772 e. The van der Waals surface area contributed by atoms with Crippen LogP contribution >= 0.6 is 11.8 Å². The smallest absolute Gasteiger partial charge is 0.0772 e. The van der Waals surface area contributed by atoms with Gasteiger partial charge in [-0.3, -0.25) is 0 Å². The third-order valence-corrected chi connectivity index (χ3v) is 5.94. The fourth-order valence-electron chi connectivity index (χ4n) is 3.34. The number of nitrogens with one attached hydrogen (secondary N) is 1. The lowest BCUT2D eigenvalue weighted by atomic mass is 9.79. The van der Waals surface area contributed by atoms with Gasteiger partial charge in [0.25, 0.3) is 0 Å². The molecular formula is C17H25NOS. The molecule has 20 heavy (non-hydrogen) atoms. The van der Waals surface area contributed by atoms with Gasteiger partial charge in [-0.1, -0.05) is 31.2 Å². The number of fused-ring (bicyclic) bond motifs is 1. The molecule has 1 fully saturated rings. The molecule has 2 nitrogen and oxygen atoms in total. The van der Waals surface area contributed by atoms with Crippen molar-refractivity contribution in [2.75, 3.05) is 12.3 Å². The lowest BCUT2D eigenvalue weighted by Crippen LogP contribution is -2.45. The molecule has 0 radical (unpaired) electrons. The van der Waals surface area contributed by atoms with Gasteiger partial charge in [-0.25, -0.2) is 0 Å². The van der Waals surface area contributed by atoms with Crippen LogP contribution < -0.4 is 5.32 Å². The molecule has 0 amide bonds. The first-order valence-corrected chi connectivity index (χ1v) is 8.93. The maximum atomic E-state index is 10.7. The van der Waals surface area contributed by atoms with Gasteiger partial charge in [0.05, 0.1) is 5.60 Å². The van der Waals surface area contributed by atoms with Crippen LogP contribution in [0.2, 0.25) is 0 Å². The first-order chi connectivity index (χ1) is 9.66. The molecule has 1 aromatic carbocycles. The zero-order valence-corrected chi connectivity index (χ0v) is 13.1. The molecule has 110 valence electrons.